The third kappa shape index (κ3) is 7.12. The molecule has 0 saturated carbocycles. The topological polar surface area (TPSA) is 108 Å². The number of esters is 1. The van der Waals surface area contributed by atoms with E-state index in [1.165, 1.54) is 19.1 Å². The number of benzene rings is 2. The van der Waals surface area contributed by atoms with Crippen molar-refractivity contribution in [3.05, 3.63) is 58.6 Å². The molecule has 2 amide bonds. The Hall–Kier alpha value is -3.06. The van der Waals surface area contributed by atoms with Crippen LogP contribution in [-0.4, -0.2) is 30.5 Å². The molecule has 0 fully saturated rings. The molecule has 0 heterocycles. The smallest absolute Gasteiger partial charge is 0.306 e. The van der Waals surface area contributed by atoms with Gasteiger partial charge in [0.1, 0.15) is 5.75 Å². The molecule has 0 radical (unpaired) electrons. The number of halogens is 1. The van der Waals surface area contributed by atoms with E-state index >= 15 is 0 Å². The number of carbonyl (C=O) groups excluding carboxylic acids is 3. The maximum absolute atomic E-state index is 12.1. The van der Waals surface area contributed by atoms with E-state index in [2.05, 4.69) is 5.32 Å². The van der Waals surface area contributed by atoms with Gasteiger partial charge in [0.15, 0.2) is 6.10 Å². The van der Waals surface area contributed by atoms with Gasteiger partial charge in [-0.25, -0.2) is 0 Å². The molecular weight excluding hydrogens is 396 g/mol. The highest BCUT2D eigenvalue weighted by Gasteiger charge is 2.18. The second-order valence-electron chi connectivity index (χ2n) is 6.43. The number of carbonyl (C=O) groups is 3. The average molecular weight is 419 g/mol. The van der Waals surface area contributed by atoms with Gasteiger partial charge in [0.2, 0.25) is 5.91 Å². The number of aryl methyl sites for hydroxylation is 1. The molecule has 0 aromatic heterocycles. The summed E-state index contributed by atoms with van der Waals surface area (Å²) in [5.74, 6) is -0.846. The van der Waals surface area contributed by atoms with E-state index in [4.69, 9.17) is 26.8 Å². The van der Waals surface area contributed by atoms with Gasteiger partial charge >= 0.3 is 5.97 Å². The van der Waals surface area contributed by atoms with Gasteiger partial charge in [-0.15, -0.1) is 0 Å². The highest BCUT2D eigenvalue weighted by molar-refractivity contribution is 6.31. The third-order valence-electron chi connectivity index (χ3n) is 4.04. The Morgan fingerprint density at radius 1 is 1.14 bits per heavy atom. The molecule has 0 aliphatic carbocycles. The van der Waals surface area contributed by atoms with Crippen LogP contribution in [0.25, 0.3) is 0 Å². The quantitative estimate of drug-likeness (QED) is 0.478. The van der Waals surface area contributed by atoms with E-state index in [0.717, 1.165) is 5.56 Å². The fourth-order valence-electron chi connectivity index (χ4n) is 2.38. The fourth-order valence-corrected chi connectivity index (χ4v) is 2.50. The first-order chi connectivity index (χ1) is 13.8. The molecule has 2 aromatic rings. The molecule has 2 rings (SSSR count). The van der Waals surface area contributed by atoms with Crippen molar-refractivity contribution in [2.45, 2.75) is 32.8 Å². The molecule has 2 aromatic carbocycles. The van der Waals surface area contributed by atoms with Crippen molar-refractivity contribution in [2.24, 2.45) is 5.73 Å². The van der Waals surface area contributed by atoms with Crippen LogP contribution >= 0.6 is 11.6 Å². The van der Waals surface area contributed by atoms with Gasteiger partial charge in [0, 0.05) is 22.7 Å². The lowest BCUT2D eigenvalue weighted by atomic mass is 10.2. The molecule has 0 unspecified atom stereocenters. The normalized spacial score (nSPS) is 11.4. The second-order valence-corrected chi connectivity index (χ2v) is 6.83. The van der Waals surface area contributed by atoms with E-state index in [-0.39, 0.29) is 6.42 Å². The molecule has 29 heavy (non-hydrogen) atoms. The van der Waals surface area contributed by atoms with Crippen LogP contribution in [0.4, 0.5) is 5.69 Å². The lowest BCUT2D eigenvalue weighted by Gasteiger charge is -2.14. The van der Waals surface area contributed by atoms with E-state index in [1.54, 1.807) is 24.3 Å². The summed E-state index contributed by atoms with van der Waals surface area (Å²) in [4.78, 5) is 35.1. The summed E-state index contributed by atoms with van der Waals surface area (Å²) in [7, 11) is 0. The monoisotopic (exact) mass is 418 g/mol. The Bertz CT molecular complexity index is 883. The zero-order valence-electron chi connectivity index (χ0n) is 16.2. The fraction of sp³-hybridized carbons (Fsp3) is 0.286. The van der Waals surface area contributed by atoms with Gasteiger partial charge in [-0.3, -0.25) is 14.4 Å². The van der Waals surface area contributed by atoms with Crippen molar-refractivity contribution < 1.29 is 23.9 Å². The predicted molar refractivity (Wildman–Crippen MR) is 110 cm³/mol. The van der Waals surface area contributed by atoms with Gasteiger partial charge < -0.3 is 20.5 Å². The van der Waals surface area contributed by atoms with Crippen molar-refractivity contribution in [1.29, 1.82) is 0 Å². The lowest BCUT2D eigenvalue weighted by Crippen LogP contribution is -2.30. The van der Waals surface area contributed by atoms with Crippen molar-refractivity contribution in [3.8, 4) is 5.75 Å². The maximum atomic E-state index is 12.1. The molecule has 3 N–H and O–H groups in total. The van der Waals surface area contributed by atoms with Gasteiger partial charge in [-0.1, -0.05) is 11.6 Å². The predicted octanol–water partition coefficient (Wildman–Crippen LogP) is 3.48. The Labute approximate surface area is 174 Å². The van der Waals surface area contributed by atoms with Crippen molar-refractivity contribution in [2.75, 3.05) is 11.9 Å². The number of hydrogen-bond acceptors (Lipinski definition) is 5. The third-order valence-corrected chi connectivity index (χ3v) is 4.46. The standard InChI is InChI=1S/C21H23ClN2O5/c1-13-12-17(9-10-18(13)22)28-11-3-4-19(25)29-14(2)21(27)24-16-7-5-15(6-8-16)20(23)26/h5-10,12,14H,3-4,11H2,1-2H3,(H2,23,26)(H,24,27)/t14-/m0/s1. The minimum atomic E-state index is -0.960. The molecule has 0 saturated heterocycles. The minimum Gasteiger partial charge on any atom is -0.494 e. The molecule has 0 bridgehead atoms. The second kappa shape index (κ2) is 10.5. The first-order valence-electron chi connectivity index (χ1n) is 9.05. The average Bonchev–Trinajstić information content (AvgIpc) is 2.68. The molecule has 0 spiro atoms. The summed E-state index contributed by atoms with van der Waals surface area (Å²) in [6.07, 6.45) is -0.390. The molecule has 0 aliphatic heterocycles. The Morgan fingerprint density at radius 2 is 1.83 bits per heavy atom. The van der Waals surface area contributed by atoms with Crippen LogP contribution in [0.15, 0.2) is 42.5 Å². The number of nitrogens with one attached hydrogen (secondary N) is 1. The van der Waals surface area contributed by atoms with Crippen LogP contribution in [0.1, 0.15) is 35.7 Å². The summed E-state index contributed by atoms with van der Waals surface area (Å²) in [6.45, 7) is 3.70. The molecular formula is C21H23ClN2O5. The van der Waals surface area contributed by atoms with Crippen LogP contribution in [0, 0.1) is 6.92 Å². The van der Waals surface area contributed by atoms with Crippen LogP contribution in [-0.2, 0) is 14.3 Å². The first kappa shape index (κ1) is 22.2. The number of anilines is 1. The van der Waals surface area contributed by atoms with Gasteiger partial charge in [0.25, 0.3) is 5.91 Å². The van der Waals surface area contributed by atoms with Crippen molar-refractivity contribution in [1.82, 2.24) is 0 Å². The lowest BCUT2D eigenvalue weighted by molar-refractivity contribution is -0.153. The van der Waals surface area contributed by atoms with Crippen LogP contribution in [0.2, 0.25) is 5.02 Å². The summed E-state index contributed by atoms with van der Waals surface area (Å²) in [5, 5.41) is 3.27. The van der Waals surface area contributed by atoms with Crippen LogP contribution < -0.4 is 15.8 Å². The summed E-state index contributed by atoms with van der Waals surface area (Å²) in [6, 6.07) is 11.4. The molecule has 1 atom stereocenters. The summed E-state index contributed by atoms with van der Waals surface area (Å²) < 4.78 is 10.7. The number of ether oxygens (including phenoxy) is 2. The van der Waals surface area contributed by atoms with E-state index < -0.39 is 23.9 Å². The Balaban J connectivity index is 1.71. The van der Waals surface area contributed by atoms with Crippen molar-refractivity contribution in [3.63, 3.8) is 0 Å². The Kier molecular flexibility index (Phi) is 8.03. The van der Waals surface area contributed by atoms with Gasteiger partial charge in [-0.2, -0.15) is 0 Å². The Morgan fingerprint density at radius 3 is 2.45 bits per heavy atom. The summed E-state index contributed by atoms with van der Waals surface area (Å²) >= 11 is 5.96. The van der Waals surface area contributed by atoms with E-state index in [0.29, 0.717) is 35.1 Å². The van der Waals surface area contributed by atoms with Gasteiger partial charge in [-0.05, 0) is 68.3 Å². The zero-order valence-corrected chi connectivity index (χ0v) is 17.0. The highest BCUT2D eigenvalue weighted by Crippen LogP contribution is 2.21. The number of primary amides is 1. The first-order valence-corrected chi connectivity index (χ1v) is 9.43. The van der Waals surface area contributed by atoms with Crippen LogP contribution in [0.3, 0.4) is 0 Å². The SMILES string of the molecule is Cc1cc(OCCCC(=O)O[C@@H](C)C(=O)Nc2ccc(C(N)=O)cc2)ccc1Cl. The van der Waals surface area contributed by atoms with Crippen molar-refractivity contribution >= 4 is 35.1 Å². The maximum Gasteiger partial charge on any atom is 0.306 e. The number of nitrogens with two attached hydrogens (primary N) is 1. The highest BCUT2D eigenvalue weighted by atomic mass is 35.5. The summed E-state index contributed by atoms with van der Waals surface area (Å²) in [5.41, 5.74) is 6.87. The van der Waals surface area contributed by atoms with E-state index in [9.17, 15) is 14.4 Å². The molecule has 7 nitrogen and oxygen atoms in total. The van der Waals surface area contributed by atoms with E-state index in [1.807, 2.05) is 13.0 Å². The van der Waals surface area contributed by atoms with Gasteiger partial charge in [0.05, 0.1) is 6.61 Å². The molecule has 0 aliphatic rings. The molecule has 8 heteroatoms. The zero-order chi connectivity index (χ0) is 21.4. The largest absolute Gasteiger partial charge is 0.494 e. The molecule has 154 valence electrons. The minimum absolute atomic E-state index is 0.123. The number of amides is 2. The number of hydrogen-bond donors (Lipinski definition) is 2. The number of rotatable bonds is 9. The van der Waals surface area contributed by atoms with Crippen LogP contribution in [0.5, 0.6) is 5.75 Å².